The molecule has 0 fully saturated rings. The van der Waals surface area contributed by atoms with Crippen molar-refractivity contribution >= 4 is 0 Å². The van der Waals surface area contributed by atoms with E-state index >= 15 is 0 Å². The molecule has 2 nitrogen and oxygen atoms in total. The molecule has 0 aliphatic rings. The van der Waals surface area contributed by atoms with Crippen molar-refractivity contribution in [2.75, 3.05) is 7.05 Å². The minimum absolute atomic E-state index is 0.150. The highest BCUT2D eigenvalue weighted by molar-refractivity contribution is 5.33. The van der Waals surface area contributed by atoms with Gasteiger partial charge in [-0.2, -0.15) is 5.26 Å². The first-order chi connectivity index (χ1) is 13.4. The van der Waals surface area contributed by atoms with Gasteiger partial charge in [0.2, 0.25) is 0 Å². The van der Waals surface area contributed by atoms with Gasteiger partial charge in [0.25, 0.3) is 0 Å². The van der Waals surface area contributed by atoms with E-state index in [4.69, 9.17) is 0 Å². The molecule has 3 atom stereocenters. The molecule has 0 spiro atoms. The van der Waals surface area contributed by atoms with Crippen molar-refractivity contribution in [1.82, 2.24) is 4.90 Å². The summed E-state index contributed by atoms with van der Waals surface area (Å²) in [7, 11) is 2.17. The number of nitriles is 1. The van der Waals surface area contributed by atoms with Crippen LogP contribution in [0.2, 0.25) is 0 Å². The molecule has 0 aliphatic heterocycles. The van der Waals surface area contributed by atoms with Crippen molar-refractivity contribution in [3.8, 4) is 6.07 Å². The molecule has 28 heavy (non-hydrogen) atoms. The predicted molar refractivity (Wildman–Crippen MR) is 114 cm³/mol. The van der Waals surface area contributed by atoms with Crippen LogP contribution in [0.3, 0.4) is 0 Å². The summed E-state index contributed by atoms with van der Waals surface area (Å²) in [6.45, 7) is 8.62. The zero-order valence-corrected chi connectivity index (χ0v) is 17.8. The summed E-state index contributed by atoms with van der Waals surface area (Å²) in [5, 5.41) is 10.1. The second-order valence-corrected chi connectivity index (χ2v) is 8.10. The number of rotatable bonds is 9. The molecule has 0 amide bonds. The Morgan fingerprint density at radius 2 is 1.64 bits per heavy atom. The van der Waals surface area contributed by atoms with Crippen molar-refractivity contribution in [2.24, 2.45) is 5.92 Å². The summed E-state index contributed by atoms with van der Waals surface area (Å²) >= 11 is 0. The maximum absolute atomic E-state index is 13.4. The first-order valence-electron chi connectivity index (χ1n) is 10.3. The molecular weight excluding hydrogens is 347 g/mol. The van der Waals surface area contributed by atoms with Gasteiger partial charge in [0.15, 0.2) is 0 Å². The van der Waals surface area contributed by atoms with Crippen LogP contribution in [0, 0.1) is 23.1 Å². The van der Waals surface area contributed by atoms with Crippen LogP contribution in [0.15, 0.2) is 54.6 Å². The SMILES string of the molecule is CCC(CCC(C#N)(c1ccc(F)cc1)C(C)C)N(C)C(C)c1ccccc1. The Morgan fingerprint density at radius 1 is 1.04 bits per heavy atom. The third-order valence-corrected chi connectivity index (χ3v) is 6.36. The lowest BCUT2D eigenvalue weighted by atomic mass is 9.69. The zero-order valence-electron chi connectivity index (χ0n) is 17.8. The van der Waals surface area contributed by atoms with E-state index in [1.165, 1.54) is 17.7 Å². The fourth-order valence-electron chi connectivity index (χ4n) is 4.14. The van der Waals surface area contributed by atoms with Crippen LogP contribution in [-0.2, 0) is 5.41 Å². The first-order valence-corrected chi connectivity index (χ1v) is 10.3. The van der Waals surface area contributed by atoms with Gasteiger partial charge in [-0.15, -0.1) is 0 Å². The predicted octanol–water partition coefficient (Wildman–Crippen LogP) is 6.49. The lowest BCUT2D eigenvalue weighted by Crippen LogP contribution is -2.37. The van der Waals surface area contributed by atoms with Crippen LogP contribution >= 0.6 is 0 Å². The normalized spacial score (nSPS) is 15.8. The largest absolute Gasteiger partial charge is 0.297 e. The van der Waals surface area contributed by atoms with Gasteiger partial charge in [-0.3, -0.25) is 4.90 Å². The summed E-state index contributed by atoms with van der Waals surface area (Å²) in [5.74, 6) is -0.112. The van der Waals surface area contributed by atoms with Gasteiger partial charge in [0, 0.05) is 12.1 Å². The minimum Gasteiger partial charge on any atom is -0.297 e. The van der Waals surface area contributed by atoms with Crippen LogP contribution in [0.5, 0.6) is 0 Å². The van der Waals surface area contributed by atoms with Gasteiger partial charge in [-0.05, 0) is 62.4 Å². The highest BCUT2D eigenvalue weighted by atomic mass is 19.1. The average Bonchev–Trinajstić information content (AvgIpc) is 2.72. The molecule has 0 saturated heterocycles. The molecular formula is C25H33FN2. The average molecular weight is 381 g/mol. The van der Waals surface area contributed by atoms with Crippen LogP contribution in [0.25, 0.3) is 0 Å². The van der Waals surface area contributed by atoms with E-state index in [0.29, 0.717) is 12.1 Å². The Bertz CT molecular complexity index is 763. The summed E-state index contributed by atoms with van der Waals surface area (Å²) in [5.41, 5.74) is 1.62. The monoisotopic (exact) mass is 380 g/mol. The quantitative estimate of drug-likeness (QED) is 0.497. The summed E-state index contributed by atoms with van der Waals surface area (Å²) in [6.07, 6.45) is 2.71. The van der Waals surface area contributed by atoms with E-state index in [-0.39, 0.29) is 11.7 Å². The molecule has 2 aromatic carbocycles. The summed E-state index contributed by atoms with van der Waals surface area (Å²) < 4.78 is 13.4. The third-order valence-electron chi connectivity index (χ3n) is 6.36. The molecule has 150 valence electrons. The Balaban J connectivity index is 2.20. The molecule has 0 radical (unpaired) electrons. The van der Waals surface area contributed by atoms with E-state index in [0.717, 1.165) is 24.8 Å². The molecule has 3 heteroatoms. The second-order valence-electron chi connectivity index (χ2n) is 8.10. The maximum Gasteiger partial charge on any atom is 0.123 e. The smallest absolute Gasteiger partial charge is 0.123 e. The second kappa shape index (κ2) is 9.85. The topological polar surface area (TPSA) is 27.0 Å². The number of halogens is 1. The Labute approximate surface area is 170 Å². The van der Waals surface area contributed by atoms with E-state index in [9.17, 15) is 9.65 Å². The van der Waals surface area contributed by atoms with Crippen molar-refractivity contribution < 1.29 is 4.39 Å². The van der Waals surface area contributed by atoms with Crippen molar-refractivity contribution in [1.29, 1.82) is 5.26 Å². The summed E-state index contributed by atoms with van der Waals surface area (Å²) in [4.78, 5) is 2.42. The highest BCUT2D eigenvalue weighted by Gasteiger charge is 2.37. The molecule has 0 saturated carbocycles. The minimum atomic E-state index is -0.599. The highest BCUT2D eigenvalue weighted by Crippen LogP contribution is 2.38. The fraction of sp³-hybridized carbons (Fsp3) is 0.480. The zero-order chi connectivity index (χ0) is 20.7. The van der Waals surface area contributed by atoms with Gasteiger partial charge >= 0.3 is 0 Å². The molecule has 0 heterocycles. The molecule has 2 rings (SSSR count). The van der Waals surface area contributed by atoms with Gasteiger partial charge in [-0.25, -0.2) is 4.39 Å². The Morgan fingerprint density at radius 3 is 2.14 bits per heavy atom. The van der Waals surface area contributed by atoms with E-state index < -0.39 is 5.41 Å². The maximum atomic E-state index is 13.4. The molecule has 0 N–H and O–H groups in total. The van der Waals surface area contributed by atoms with Crippen LogP contribution in [0.1, 0.15) is 64.1 Å². The lowest BCUT2D eigenvalue weighted by molar-refractivity contribution is 0.158. The third kappa shape index (κ3) is 4.80. The molecule has 2 aromatic rings. The van der Waals surface area contributed by atoms with Crippen LogP contribution in [-0.4, -0.2) is 18.0 Å². The summed E-state index contributed by atoms with van der Waals surface area (Å²) in [6, 6.07) is 20.3. The van der Waals surface area contributed by atoms with Crippen molar-refractivity contribution in [3.63, 3.8) is 0 Å². The number of hydrogen-bond acceptors (Lipinski definition) is 2. The Kier molecular flexibility index (Phi) is 7.78. The molecule has 0 aliphatic carbocycles. The number of benzene rings is 2. The number of hydrogen-bond donors (Lipinski definition) is 0. The van der Waals surface area contributed by atoms with Crippen molar-refractivity contribution in [3.05, 3.63) is 71.5 Å². The first kappa shape index (κ1) is 22.1. The Hall–Kier alpha value is -2.18. The van der Waals surface area contributed by atoms with Crippen molar-refractivity contribution in [2.45, 2.75) is 64.5 Å². The van der Waals surface area contributed by atoms with E-state index in [1.54, 1.807) is 12.1 Å². The molecule has 0 bridgehead atoms. The van der Waals surface area contributed by atoms with Crippen LogP contribution < -0.4 is 0 Å². The van der Waals surface area contributed by atoms with E-state index in [1.807, 2.05) is 6.07 Å². The fourth-order valence-corrected chi connectivity index (χ4v) is 4.14. The number of nitrogens with zero attached hydrogens (tertiary/aromatic N) is 2. The molecule has 0 aromatic heterocycles. The lowest BCUT2D eigenvalue weighted by Gasteiger charge is -2.37. The van der Waals surface area contributed by atoms with Gasteiger partial charge in [0.1, 0.15) is 5.82 Å². The molecule has 3 unspecified atom stereocenters. The van der Waals surface area contributed by atoms with Gasteiger partial charge in [0.05, 0.1) is 11.5 Å². The van der Waals surface area contributed by atoms with Gasteiger partial charge < -0.3 is 0 Å². The van der Waals surface area contributed by atoms with Crippen LogP contribution in [0.4, 0.5) is 4.39 Å². The van der Waals surface area contributed by atoms with E-state index in [2.05, 4.69) is 70.0 Å². The van der Waals surface area contributed by atoms with Gasteiger partial charge in [-0.1, -0.05) is 63.2 Å². The standard InChI is InChI=1S/C25H33FN2/c1-6-24(28(5)20(4)21-10-8-7-9-11-21)16-17-25(18-27,19(2)3)22-12-14-23(26)15-13-22/h7-15,19-20,24H,6,16-17H2,1-5H3.